The Balaban J connectivity index is 2.51. The molecule has 0 saturated carbocycles. The average molecular weight is 251 g/mol. The van der Waals surface area contributed by atoms with Gasteiger partial charge in [-0.1, -0.05) is 0 Å². The summed E-state index contributed by atoms with van der Waals surface area (Å²) in [5, 5.41) is 20.0. The fraction of sp³-hybridized carbons (Fsp3) is 0.417. The van der Waals surface area contributed by atoms with Gasteiger partial charge in [0.05, 0.1) is 18.0 Å². The zero-order valence-electron chi connectivity index (χ0n) is 9.88. The third-order valence-corrected chi connectivity index (χ3v) is 3.32. The highest BCUT2D eigenvalue weighted by molar-refractivity contribution is 5.72. The van der Waals surface area contributed by atoms with Crippen molar-refractivity contribution < 1.29 is 19.6 Å². The number of nitrogens with zero attached hydrogens (tertiary/aromatic N) is 1. The molecule has 0 aliphatic heterocycles. The second-order valence-corrected chi connectivity index (χ2v) is 4.28. The summed E-state index contributed by atoms with van der Waals surface area (Å²) in [4.78, 5) is 21.5. The molecule has 1 aliphatic rings. The Kier molecular flexibility index (Phi) is 3.18. The van der Waals surface area contributed by atoms with Crippen molar-refractivity contribution in [2.45, 2.75) is 19.3 Å². The molecule has 6 nitrogen and oxygen atoms in total. The molecular formula is C12H13NO5. The zero-order valence-corrected chi connectivity index (χ0v) is 9.88. The normalized spacial score (nSPS) is 17.9. The van der Waals surface area contributed by atoms with Crippen molar-refractivity contribution in [2.75, 3.05) is 7.11 Å². The third-order valence-electron chi connectivity index (χ3n) is 3.32. The van der Waals surface area contributed by atoms with Crippen LogP contribution in [0.4, 0.5) is 5.69 Å². The molecule has 0 amide bonds. The van der Waals surface area contributed by atoms with Gasteiger partial charge in [-0.05, 0) is 25.3 Å². The zero-order chi connectivity index (χ0) is 13.3. The van der Waals surface area contributed by atoms with E-state index in [0.717, 1.165) is 5.56 Å². The summed E-state index contributed by atoms with van der Waals surface area (Å²) < 4.78 is 5.17. The Labute approximate surface area is 103 Å². The Morgan fingerprint density at radius 2 is 2.22 bits per heavy atom. The summed E-state index contributed by atoms with van der Waals surface area (Å²) in [5.41, 5.74) is 1.25. The number of ether oxygens (including phenoxy) is 1. The van der Waals surface area contributed by atoms with Crippen LogP contribution in [0.3, 0.4) is 0 Å². The van der Waals surface area contributed by atoms with E-state index in [-0.39, 0.29) is 12.1 Å². The predicted octanol–water partition coefficient (Wildman–Crippen LogP) is 1.79. The first kappa shape index (κ1) is 12.3. The molecule has 2 rings (SSSR count). The highest BCUT2D eigenvalue weighted by atomic mass is 16.6. The number of aliphatic carboxylic acids is 1. The van der Waals surface area contributed by atoms with E-state index in [9.17, 15) is 14.9 Å². The lowest BCUT2D eigenvalue weighted by Gasteiger charge is -2.22. The van der Waals surface area contributed by atoms with Crippen LogP contribution in [0.25, 0.3) is 0 Å². The molecule has 1 N–H and O–H groups in total. The van der Waals surface area contributed by atoms with Gasteiger partial charge in [0.2, 0.25) is 0 Å². The van der Waals surface area contributed by atoms with Gasteiger partial charge in [-0.2, -0.15) is 0 Å². The molecule has 1 aromatic carbocycles. The van der Waals surface area contributed by atoms with Crippen molar-refractivity contribution in [1.29, 1.82) is 0 Å². The number of benzene rings is 1. The van der Waals surface area contributed by atoms with E-state index in [1.165, 1.54) is 13.2 Å². The minimum absolute atomic E-state index is 0.0169. The lowest BCUT2D eigenvalue weighted by atomic mass is 9.82. The Hall–Kier alpha value is -2.11. The summed E-state index contributed by atoms with van der Waals surface area (Å²) in [7, 11) is 1.50. The Morgan fingerprint density at radius 1 is 1.50 bits per heavy atom. The number of carbonyl (C=O) groups is 1. The lowest BCUT2D eigenvalue weighted by molar-refractivity contribution is -0.385. The van der Waals surface area contributed by atoms with Crippen LogP contribution in [0.15, 0.2) is 12.1 Å². The summed E-state index contributed by atoms with van der Waals surface area (Å²) in [6.07, 6.45) is 1.18. The first-order valence-corrected chi connectivity index (χ1v) is 5.60. The smallest absolute Gasteiger partial charge is 0.306 e. The van der Waals surface area contributed by atoms with Crippen molar-refractivity contribution in [1.82, 2.24) is 0 Å². The number of methoxy groups -OCH3 is 1. The maximum Gasteiger partial charge on any atom is 0.306 e. The van der Waals surface area contributed by atoms with E-state index < -0.39 is 16.8 Å². The number of nitro benzene ring substituents is 1. The van der Waals surface area contributed by atoms with Crippen LogP contribution in [0, 0.1) is 16.0 Å². The topological polar surface area (TPSA) is 89.7 Å². The SMILES string of the molecule is COc1ccc([N+](=O)[O-])c2c1CCC(C(=O)O)C2. The number of hydrogen-bond donors (Lipinski definition) is 1. The molecule has 18 heavy (non-hydrogen) atoms. The number of carboxylic acid groups (broad SMARTS) is 1. The van der Waals surface area contributed by atoms with Gasteiger partial charge in [-0.25, -0.2) is 0 Å². The number of rotatable bonds is 3. The van der Waals surface area contributed by atoms with E-state index in [0.29, 0.717) is 24.2 Å². The maximum atomic E-state index is 11.0. The van der Waals surface area contributed by atoms with Crippen LogP contribution in [-0.4, -0.2) is 23.1 Å². The summed E-state index contributed by atoms with van der Waals surface area (Å²) in [5.74, 6) is -0.861. The standard InChI is InChI=1S/C12H13NO5/c1-18-11-5-4-10(13(16)17)9-6-7(12(14)15)2-3-8(9)11/h4-5,7H,2-3,6H2,1H3,(H,14,15). The number of nitro groups is 1. The van der Waals surface area contributed by atoms with Crippen LogP contribution in [0.1, 0.15) is 17.5 Å². The second kappa shape index (κ2) is 4.64. The molecule has 0 spiro atoms. The van der Waals surface area contributed by atoms with E-state index >= 15 is 0 Å². The summed E-state index contributed by atoms with van der Waals surface area (Å²) in [6, 6.07) is 2.94. The molecule has 0 saturated heterocycles. The van der Waals surface area contributed by atoms with Gasteiger partial charge in [0, 0.05) is 17.2 Å². The van der Waals surface area contributed by atoms with Crippen molar-refractivity contribution in [3.63, 3.8) is 0 Å². The van der Waals surface area contributed by atoms with Gasteiger partial charge in [-0.15, -0.1) is 0 Å². The van der Waals surface area contributed by atoms with Crippen molar-refractivity contribution >= 4 is 11.7 Å². The molecule has 1 unspecified atom stereocenters. The lowest BCUT2D eigenvalue weighted by Crippen LogP contribution is -2.23. The van der Waals surface area contributed by atoms with Crippen LogP contribution in [0.2, 0.25) is 0 Å². The van der Waals surface area contributed by atoms with Gasteiger partial charge in [-0.3, -0.25) is 14.9 Å². The van der Waals surface area contributed by atoms with Gasteiger partial charge in [0.1, 0.15) is 5.75 Å². The fourth-order valence-corrected chi connectivity index (χ4v) is 2.40. The molecular weight excluding hydrogens is 238 g/mol. The quantitative estimate of drug-likeness (QED) is 0.653. The third kappa shape index (κ3) is 2.01. The van der Waals surface area contributed by atoms with E-state index in [2.05, 4.69) is 0 Å². The molecule has 0 bridgehead atoms. The van der Waals surface area contributed by atoms with Gasteiger partial charge in [0.15, 0.2) is 0 Å². The molecule has 1 atom stereocenters. The molecule has 0 fully saturated rings. The van der Waals surface area contributed by atoms with Crippen molar-refractivity contribution in [3.05, 3.63) is 33.4 Å². The highest BCUT2D eigenvalue weighted by Gasteiger charge is 2.31. The van der Waals surface area contributed by atoms with E-state index in [4.69, 9.17) is 9.84 Å². The van der Waals surface area contributed by atoms with Crippen molar-refractivity contribution in [2.24, 2.45) is 5.92 Å². The number of carboxylic acids is 1. The van der Waals surface area contributed by atoms with E-state index in [1.54, 1.807) is 6.07 Å². The molecule has 96 valence electrons. The minimum atomic E-state index is -0.905. The van der Waals surface area contributed by atoms with Gasteiger partial charge < -0.3 is 9.84 Å². The first-order chi connectivity index (χ1) is 8.54. The molecule has 6 heteroatoms. The number of fused-ring (bicyclic) bond motifs is 1. The summed E-state index contributed by atoms with van der Waals surface area (Å²) in [6.45, 7) is 0. The predicted molar refractivity (Wildman–Crippen MR) is 62.8 cm³/mol. The summed E-state index contributed by atoms with van der Waals surface area (Å²) >= 11 is 0. The highest BCUT2D eigenvalue weighted by Crippen LogP contribution is 2.37. The molecule has 0 heterocycles. The molecule has 0 aromatic heterocycles. The Morgan fingerprint density at radius 3 is 2.78 bits per heavy atom. The van der Waals surface area contributed by atoms with Crippen molar-refractivity contribution in [3.8, 4) is 5.75 Å². The minimum Gasteiger partial charge on any atom is -0.496 e. The molecule has 1 aliphatic carbocycles. The largest absolute Gasteiger partial charge is 0.496 e. The monoisotopic (exact) mass is 251 g/mol. The Bertz CT molecular complexity index is 511. The average Bonchev–Trinajstić information content (AvgIpc) is 2.36. The number of hydrogen-bond acceptors (Lipinski definition) is 4. The van der Waals surface area contributed by atoms with Gasteiger partial charge >= 0.3 is 5.97 Å². The fourth-order valence-electron chi connectivity index (χ4n) is 2.40. The molecule has 0 radical (unpaired) electrons. The van der Waals surface area contributed by atoms with Crippen LogP contribution >= 0.6 is 0 Å². The maximum absolute atomic E-state index is 11.0. The van der Waals surface area contributed by atoms with Crippen LogP contribution < -0.4 is 4.74 Å². The van der Waals surface area contributed by atoms with E-state index in [1.807, 2.05) is 0 Å². The molecule has 1 aromatic rings. The van der Waals surface area contributed by atoms with Gasteiger partial charge in [0.25, 0.3) is 5.69 Å². The van der Waals surface area contributed by atoms with Crippen LogP contribution in [0.5, 0.6) is 5.75 Å². The first-order valence-electron chi connectivity index (χ1n) is 5.60. The second-order valence-electron chi connectivity index (χ2n) is 4.28. The van der Waals surface area contributed by atoms with Crippen LogP contribution in [-0.2, 0) is 17.6 Å².